The molecule has 0 aliphatic rings. The third-order valence-corrected chi connectivity index (χ3v) is 2.84. The number of halogens is 1. The standard InChI is InChI=1S/C13H20BrNO2/c1-9(2)15-7-11-5-4-6-12(14)13(11)17-8-10(3)16/h4-6,9-10,15-16H,7-8H2,1-3H3. The van der Waals surface area contributed by atoms with Crippen molar-refractivity contribution in [2.75, 3.05) is 6.61 Å². The van der Waals surface area contributed by atoms with Gasteiger partial charge < -0.3 is 15.2 Å². The molecule has 17 heavy (non-hydrogen) atoms. The molecule has 1 aromatic carbocycles. The predicted octanol–water partition coefficient (Wildman–Crippen LogP) is 2.71. The average Bonchev–Trinajstić information content (AvgIpc) is 2.24. The maximum atomic E-state index is 9.26. The normalized spacial score (nSPS) is 12.8. The van der Waals surface area contributed by atoms with Crippen LogP contribution < -0.4 is 10.1 Å². The number of hydrogen-bond donors (Lipinski definition) is 2. The average molecular weight is 302 g/mol. The molecule has 0 fully saturated rings. The second-order valence-electron chi connectivity index (χ2n) is 4.42. The third kappa shape index (κ3) is 5.06. The Labute approximate surface area is 111 Å². The fourth-order valence-electron chi connectivity index (χ4n) is 1.37. The predicted molar refractivity (Wildman–Crippen MR) is 73.3 cm³/mol. The summed E-state index contributed by atoms with van der Waals surface area (Å²) in [6.45, 7) is 6.98. The molecule has 0 aliphatic heterocycles. The highest BCUT2D eigenvalue weighted by atomic mass is 79.9. The summed E-state index contributed by atoms with van der Waals surface area (Å²) in [7, 11) is 0. The van der Waals surface area contributed by atoms with Crippen molar-refractivity contribution in [3.05, 3.63) is 28.2 Å². The van der Waals surface area contributed by atoms with E-state index in [1.54, 1.807) is 6.92 Å². The van der Waals surface area contributed by atoms with Crippen molar-refractivity contribution in [3.63, 3.8) is 0 Å². The molecular formula is C13H20BrNO2. The van der Waals surface area contributed by atoms with Gasteiger partial charge in [0.2, 0.25) is 0 Å². The van der Waals surface area contributed by atoms with Crippen molar-refractivity contribution < 1.29 is 9.84 Å². The summed E-state index contributed by atoms with van der Waals surface area (Å²) in [5.74, 6) is 0.807. The molecule has 0 amide bonds. The monoisotopic (exact) mass is 301 g/mol. The van der Waals surface area contributed by atoms with Crippen molar-refractivity contribution in [2.45, 2.75) is 39.5 Å². The lowest BCUT2D eigenvalue weighted by atomic mass is 10.2. The van der Waals surface area contributed by atoms with Gasteiger partial charge in [0.15, 0.2) is 0 Å². The van der Waals surface area contributed by atoms with Gasteiger partial charge in [-0.05, 0) is 28.9 Å². The van der Waals surface area contributed by atoms with E-state index in [2.05, 4.69) is 35.1 Å². The molecule has 3 nitrogen and oxygen atoms in total. The molecule has 0 saturated heterocycles. The van der Waals surface area contributed by atoms with Gasteiger partial charge >= 0.3 is 0 Å². The van der Waals surface area contributed by atoms with E-state index < -0.39 is 6.10 Å². The molecule has 0 saturated carbocycles. The minimum Gasteiger partial charge on any atom is -0.489 e. The maximum absolute atomic E-state index is 9.26. The molecule has 1 aromatic rings. The van der Waals surface area contributed by atoms with Crippen molar-refractivity contribution in [1.29, 1.82) is 0 Å². The number of aliphatic hydroxyl groups is 1. The molecule has 0 radical (unpaired) electrons. The van der Waals surface area contributed by atoms with Gasteiger partial charge in [-0.3, -0.25) is 0 Å². The number of nitrogens with one attached hydrogen (secondary N) is 1. The molecule has 2 N–H and O–H groups in total. The molecule has 1 unspecified atom stereocenters. The Morgan fingerprint density at radius 2 is 2.06 bits per heavy atom. The first-order valence-electron chi connectivity index (χ1n) is 5.82. The van der Waals surface area contributed by atoms with Crippen LogP contribution in [0.15, 0.2) is 22.7 Å². The van der Waals surface area contributed by atoms with Crippen LogP contribution in [0.1, 0.15) is 26.3 Å². The molecule has 0 aliphatic carbocycles. The molecule has 4 heteroatoms. The topological polar surface area (TPSA) is 41.5 Å². The van der Waals surface area contributed by atoms with Gasteiger partial charge in [0.25, 0.3) is 0 Å². The van der Waals surface area contributed by atoms with Crippen LogP contribution in [0.2, 0.25) is 0 Å². The second-order valence-corrected chi connectivity index (χ2v) is 5.28. The number of hydrogen-bond acceptors (Lipinski definition) is 3. The SMILES string of the molecule is CC(O)COc1c(Br)cccc1CNC(C)C. The summed E-state index contributed by atoms with van der Waals surface area (Å²) in [4.78, 5) is 0. The van der Waals surface area contributed by atoms with Crippen LogP contribution >= 0.6 is 15.9 Å². The van der Waals surface area contributed by atoms with Gasteiger partial charge in [0.1, 0.15) is 12.4 Å². The highest BCUT2D eigenvalue weighted by Gasteiger charge is 2.09. The first-order valence-corrected chi connectivity index (χ1v) is 6.61. The number of para-hydroxylation sites is 1. The van der Waals surface area contributed by atoms with Crippen molar-refractivity contribution in [1.82, 2.24) is 5.32 Å². The Morgan fingerprint density at radius 3 is 2.65 bits per heavy atom. The first-order chi connectivity index (χ1) is 8.00. The van der Waals surface area contributed by atoms with Gasteiger partial charge in [-0.1, -0.05) is 26.0 Å². The zero-order valence-electron chi connectivity index (χ0n) is 10.5. The van der Waals surface area contributed by atoms with Gasteiger partial charge in [-0.15, -0.1) is 0 Å². The van der Waals surface area contributed by atoms with Crippen LogP contribution in [0, 0.1) is 0 Å². The maximum Gasteiger partial charge on any atom is 0.138 e. The lowest BCUT2D eigenvalue weighted by Gasteiger charge is -2.16. The molecule has 96 valence electrons. The van der Waals surface area contributed by atoms with E-state index >= 15 is 0 Å². The first kappa shape index (κ1) is 14.5. The summed E-state index contributed by atoms with van der Waals surface area (Å²) in [5.41, 5.74) is 1.09. The van der Waals surface area contributed by atoms with E-state index in [0.29, 0.717) is 12.6 Å². The van der Waals surface area contributed by atoms with Crippen LogP contribution in [0.3, 0.4) is 0 Å². The molecule has 0 bridgehead atoms. The highest BCUT2D eigenvalue weighted by molar-refractivity contribution is 9.10. The number of rotatable bonds is 6. The molecule has 1 atom stereocenters. The van der Waals surface area contributed by atoms with Gasteiger partial charge in [0, 0.05) is 18.2 Å². The summed E-state index contributed by atoms with van der Waals surface area (Å²) in [6.07, 6.45) is -0.465. The smallest absolute Gasteiger partial charge is 0.138 e. The Bertz CT molecular complexity index is 353. The van der Waals surface area contributed by atoms with E-state index in [9.17, 15) is 5.11 Å². The Hall–Kier alpha value is -0.580. The third-order valence-electron chi connectivity index (χ3n) is 2.22. The molecule has 0 heterocycles. The zero-order valence-corrected chi connectivity index (χ0v) is 12.1. The van der Waals surface area contributed by atoms with E-state index in [-0.39, 0.29) is 0 Å². The summed E-state index contributed by atoms with van der Waals surface area (Å²) in [5, 5.41) is 12.6. The molecule has 0 spiro atoms. The Kier molecular flexibility index (Phi) is 5.95. The van der Waals surface area contributed by atoms with Crippen LogP contribution in [-0.4, -0.2) is 23.9 Å². The number of aliphatic hydroxyl groups excluding tert-OH is 1. The van der Waals surface area contributed by atoms with Crippen LogP contribution in [0.25, 0.3) is 0 Å². The minimum atomic E-state index is -0.465. The van der Waals surface area contributed by atoms with E-state index in [1.807, 2.05) is 18.2 Å². The van der Waals surface area contributed by atoms with Crippen molar-refractivity contribution in [2.24, 2.45) is 0 Å². The van der Waals surface area contributed by atoms with Crippen LogP contribution in [0.4, 0.5) is 0 Å². The minimum absolute atomic E-state index is 0.303. The quantitative estimate of drug-likeness (QED) is 0.849. The summed E-state index contributed by atoms with van der Waals surface area (Å²) >= 11 is 3.47. The van der Waals surface area contributed by atoms with E-state index in [4.69, 9.17) is 4.74 Å². The molecule has 0 aromatic heterocycles. The zero-order chi connectivity index (χ0) is 12.8. The molecule has 1 rings (SSSR count). The molecular weight excluding hydrogens is 282 g/mol. The van der Waals surface area contributed by atoms with Crippen molar-refractivity contribution >= 4 is 15.9 Å². The largest absolute Gasteiger partial charge is 0.489 e. The van der Waals surface area contributed by atoms with Gasteiger partial charge in [-0.2, -0.15) is 0 Å². The highest BCUT2D eigenvalue weighted by Crippen LogP contribution is 2.29. The Morgan fingerprint density at radius 1 is 1.35 bits per heavy atom. The summed E-state index contributed by atoms with van der Waals surface area (Å²) in [6, 6.07) is 6.38. The van der Waals surface area contributed by atoms with Crippen LogP contribution in [-0.2, 0) is 6.54 Å². The lowest BCUT2D eigenvalue weighted by molar-refractivity contribution is 0.121. The Balaban J connectivity index is 2.76. The van der Waals surface area contributed by atoms with Gasteiger partial charge in [-0.25, -0.2) is 0 Å². The van der Waals surface area contributed by atoms with E-state index in [1.165, 1.54) is 0 Å². The summed E-state index contributed by atoms with van der Waals surface area (Å²) < 4.78 is 6.54. The number of ether oxygens (including phenoxy) is 1. The lowest BCUT2D eigenvalue weighted by Crippen LogP contribution is -2.22. The fraction of sp³-hybridized carbons (Fsp3) is 0.538. The number of benzene rings is 1. The van der Waals surface area contributed by atoms with Crippen LogP contribution in [0.5, 0.6) is 5.75 Å². The second kappa shape index (κ2) is 6.99. The van der Waals surface area contributed by atoms with Gasteiger partial charge in [0.05, 0.1) is 10.6 Å². The van der Waals surface area contributed by atoms with Crippen molar-refractivity contribution in [3.8, 4) is 5.75 Å². The fourth-order valence-corrected chi connectivity index (χ4v) is 1.89. The van der Waals surface area contributed by atoms with E-state index in [0.717, 1.165) is 22.3 Å².